The standard InChI is InChI=1S/3C11H11NO2.Al/c3*1-7-6-10(14-2)8-4-3-5-9(13)11(8)12-7;/h3*3-6,13H,1-2H3;/q;;;+3/p-3. The summed E-state index contributed by atoms with van der Waals surface area (Å²) in [6, 6.07) is 20.6. The summed E-state index contributed by atoms with van der Waals surface area (Å²) in [5.74, 6) is 1.90. The molecule has 10 heteroatoms. The van der Waals surface area contributed by atoms with Gasteiger partial charge in [0.1, 0.15) is 17.2 Å². The van der Waals surface area contributed by atoms with Gasteiger partial charge in [-0.1, -0.05) is 53.6 Å². The van der Waals surface area contributed by atoms with Crippen molar-refractivity contribution in [1.29, 1.82) is 0 Å². The topological polar surface area (TPSA) is 136 Å². The zero-order chi connectivity index (χ0) is 30.4. The average molecular weight is 592 g/mol. The number of pyridine rings is 3. The van der Waals surface area contributed by atoms with E-state index >= 15 is 0 Å². The van der Waals surface area contributed by atoms with Crippen LogP contribution in [0.1, 0.15) is 17.1 Å². The fourth-order valence-corrected chi connectivity index (χ4v) is 4.44. The molecule has 0 aliphatic heterocycles. The van der Waals surface area contributed by atoms with Crippen molar-refractivity contribution in [2.75, 3.05) is 21.3 Å². The Morgan fingerprint density at radius 2 is 0.721 bits per heavy atom. The number of hydrogen-bond acceptors (Lipinski definition) is 9. The fraction of sp³-hybridized carbons (Fsp3) is 0.182. The molecule has 9 nitrogen and oxygen atoms in total. The molecule has 0 aliphatic rings. The van der Waals surface area contributed by atoms with E-state index in [0.717, 1.165) is 33.2 Å². The van der Waals surface area contributed by atoms with Crippen molar-refractivity contribution in [1.82, 2.24) is 15.0 Å². The molecule has 3 aromatic heterocycles. The van der Waals surface area contributed by atoms with Gasteiger partial charge in [0.2, 0.25) is 0 Å². The predicted molar refractivity (Wildman–Crippen MR) is 163 cm³/mol. The van der Waals surface area contributed by atoms with Crippen molar-refractivity contribution in [2.45, 2.75) is 20.8 Å². The van der Waals surface area contributed by atoms with Crippen molar-refractivity contribution >= 4 is 50.1 Å². The first-order chi connectivity index (χ1) is 20.2. The molecule has 3 aromatic carbocycles. The largest absolute Gasteiger partial charge is 3.00 e. The van der Waals surface area contributed by atoms with Gasteiger partial charge in [0, 0.05) is 51.4 Å². The van der Waals surface area contributed by atoms with Crippen molar-refractivity contribution in [3.05, 3.63) is 89.9 Å². The molecule has 6 aromatic rings. The molecule has 0 amide bonds. The molecule has 43 heavy (non-hydrogen) atoms. The van der Waals surface area contributed by atoms with E-state index in [2.05, 4.69) is 15.0 Å². The minimum Gasteiger partial charge on any atom is -0.871 e. The minimum atomic E-state index is -0.0653. The van der Waals surface area contributed by atoms with Crippen molar-refractivity contribution in [2.24, 2.45) is 0 Å². The van der Waals surface area contributed by atoms with E-state index in [-0.39, 0.29) is 34.6 Å². The summed E-state index contributed by atoms with van der Waals surface area (Å²) in [6.45, 7) is 5.52. The van der Waals surface area contributed by atoms with Gasteiger partial charge in [-0.3, -0.25) is 15.0 Å². The van der Waals surface area contributed by atoms with E-state index in [1.54, 1.807) is 39.5 Å². The molecule has 0 atom stereocenters. The van der Waals surface area contributed by atoms with E-state index in [1.807, 2.05) is 57.2 Å². The number of ether oxygens (including phenoxy) is 3. The molecule has 0 saturated heterocycles. The molecule has 3 heterocycles. The van der Waals surface area contributed by atoms with Gasteiger partial charge >= 0.3 is 17.4 Å². The van der Waals surface area contributed by atoms with Crippen LogP contribution in [-0.2, 0) is 0 Å². The maximum atomic E-state index is 11.5. The first-order valence-electron chi connectivity index (χ1n) is 13.0. The zero-order valence-corrected chi connectivity index (χ0v) is 26.0. The van der Waals surface area contributed by atoms with Gasteiger partial charge in [0.15, 0.2) is 0 Å². The minimum absolute atomic E-state index is 0. The summed E-state index contributed by atoms with van der Waals surface area (Å²) < 4.78 is 15.6. The Hall–Kier alpha value is -4.78. The monoisotopic (exact) mass is 591 g/mol. The molecule has 0 N–H and O–H groups in total. The Kier molecular flexibility index (Phi) is 11.0. The maximum absolute atomic E-state index is 11.5. The zero-order valence-electron chi connectivity index (χ0n) is 24.8. The second-order valence-corrected chi connectivity index (χ2v) is 9.35. The number of benzene rings is 3. The Morgan fingerprint density at radius 3 is 0.953 bits per heavy atom. The second-order valence-electron chi connectivity index (χ2n) is 9.35. The van der Waals surface area contributed by atoms with Crippen LogP contribution in [0.15, 0.2) is 72.8 Å². The Bertz CT molecular complexity index is 1660. The summed E-state index contributed by atoms with van der Waals surface area (Å²) in [7, 11) is 4.77. The van der Waals surface area contributed by atoms with E-state index in [1.165, 1.54) is 18.2 Å². The molecular formula is C33H30AlN3O6. The molecule has 0 unspecified atom stereocenters. The molecule has 0 saturated carbocycles. The predicted octanol–water partition coefficient (Wildman–Crippen LogP) is 4.50. The van der Waals surface area contributed by atoms with Crippen molar-refractivity contribution < 1.29 is 29.5 Å². The molecule has 0 aliphatic carbocycles. The quantitative estimate of drug-likeness (QED) is 0.273. The number of para-hydroxylation sites is 3. The number of rotatable bonds is 3. The number of fused-ring (bicyclic) bond motifs is 3. The third-order valence-electron chi connectivity index (χ3n) is 6.34. The molecule has 0 radical (unpaired) electrons. The first kappa shape index (κ1) is 32.7. The van der Waals surface area contributed by atoms with Crippen LogP contribution in [0.3, 0.4) is 0 Å². The van der Waals surface area contributed by atoms with Gasteiger partial charge in [-0.25, -0.2) is 0 Å². The number of aromatic nitrogens is 3. The van der Waals surface area contributed by atoms with Gasteiger partial charge in [-0.15, -0.1) is 0 Å². The summed E-state index contributed by atoms with van der Waals surface area (Å²) >= 11 is 0. The third-order valence-corrected chi connectivity index (χ3v) is 6.34. The maximum Gasteiger partial charge on any atom is 3.00 e. The number of hydrogen-bond donors (Lipinski definition) is 0. The number of aryl methyl sites for hydroxylation is 3. The molecule has 0 bridgehead atoms. The van der Waals surface area contributed by atoms with Crippen molar-refractivity contribution in [3.8, 4) is 34.5 Å². The average Bonchev–Trinajstić information content (AvgIpc) is 2.98. The Balaban J connectivity index is 0.000000175. The molecule has 0 spiro atoms. The van der Waals surface area contributed by atoms with Crippen LogP contribution in [0.4, 0.5) is 0 Å². The van der Waals surface area contributed by atoms with Gasteiger partial charge < -0.3 is 29.5 Å². The third kappa shape index (κ3) is 7.36. The summed E-state index contributed by atoms with van der Waals surface area (Å²) in [6.07, 6.45) is 0. The van der Waals surface area contributed by atoms with Crippen LogP contribution in [0.25, 0.3) is 32.7 Å². The fourth-order valence-electron chi connectivity index (χ4n) is 4.44. The normalized spacial score (nSPS) is 10.2. The summed E-state index contributed by atoms with van der Waals surface area (Å²) in [4.78, 5) is 12.6. The van der Waals surface area contributed by atoms with E-state index in [9.17, 15) is 15.3 Å². The van der Waals surface area contributed by atoms with E-state index in [0.29, 0.717) is 33.8 Å². The van der Waals surface area contributed by atoms with Gasteiger partial charge in [-0.05, 0) is 39.0 Å². The molecular weight excluding hydrogens is 561 g/mol. The SMILES string of the molecule is COc1cc(C)nc2c([O-])cccc12.COc1cc(C)nc2c([O-])cccc12.COc1cc(C)nc2c([O-])cccc12.[Al+3]. The van der Waals surface area contributed by atoms with Crippen LogP contribution in [0.2, 0.25) is 0 Å². The smallest absolute Gasteiger partial charge is 0.871 e. The van der Waals surface area contributed by atoms with Crippen LogP contribution in [0, 0.1) is 20.8 Å². The van der Waals surface area contributed by atoms with Gasteiger partial charge in [-0.2, -0.15) is 0 Å². The van der Waals surface area contributed by atoms with Crippen LogP contribution in [0.5, 0.6) is 34.5 Å². The van der Waals surface area contributed by atoms with Crippen molar-refractivity contribution in [3.63, 3.8) is 0 Å². The second kappa shape index (κ2) is 14.4. The molecule has 6 rings (SSSR count). The Morgan fingerprint density at radius 1 is 0.465 bits per heavy atom. The van der Waals surface area contributed by atoms with E-state index in [4.69, 9.17) is 14.2 Å². The molecule has 216 valence electrons. The van der Waals surface area contributed by atoms with Crippen LogP contribution >= 0.6 is 0 Å². The Labute approximate surface area is 260 Å². The van der Waals surface area contributed by atoms with Gasteiger partial charge in [0.25, 0.3) is 0 Å². The first-order valence-corrected chi connectivity index (χ1v) is 13.0. The van der Waals surface area contributed by atoms with Gasteiger partial charge in [0.05, 0.1) is 37.9 Å². The number of methoxy groups -OCH3 is 3. The number of nitrogens with zero attached hydrogens (tertiary/aromatic N) is 3. The summed E-state index contributed by atoms with van der Waals surface area (Å²) in [5.41, 5.74) is 3.80. The molecule has 0 fully saturated rings. The summed E-state index contributed by atoms with van der Waals surface area (Å²) in [5, 5.41) is 36.8. The van der Waals surface area contributed by atoms with Crippen LogP contribution in [-0.4, -0.2) is 53.6 Å². The van der Waals surface area contributed by atoms with E-state index < -0.39 is 0 Å². The van der Waals surface area contributed by atoms with Crippen LogP contribution < -0.4 is 29.5 Å².